The number of carbonyl (C=O) groups is 1. The third-order valence-electron chi connectivity index (χ3n) is 3.54. The second-order valence-electron chi connectivity index (χ2n) is 4.60. The molecule has 2 saturated heterocycles. The van der Waals surface area contributed by atoms with Crippen LogP contribution >= 0.6 is 0 Å². The number of rotatable bonds is 2. The zero-order valence-electron chi connectivity index (χ0n) is 9.46. The quantitative estimate of drug-likeness (QED) is 0.673. The first kappa shape index (κ1) is 10.9. The molecule has 0 radical (unpaired) electrons. The van der Waals surface area contributed by atoms with Crippen LogP contribution in [0.15, 0.2) is 0 Å². The van der Waals surface area contributed by atoms with E-state index in [4.69, 9.17) is 0 Å². The lowest BCUT2D eigenvalue weighted by Crippen LogP contribution is -2.50. The molecule has 86 valence electrons. The molecular formula is C11H21N3O. The number of likely N-dealkylation sites (N-methyl/N-ethyl adjacent to an activating group) is 1. The van der Waals surface area contributed by atoms with E-state index < -0.39 is 0 Å². The monoisotopic (exact) mass is 211 g/mol. The lowest BCUT2D eigenvalue weighted by Gasteiger charge is -2.30. The summed E-state index contributed by atoms with van der Waals surface area (Å²) in [6, 6.07) is 0.477. The van der Waals surface area contributed by atoms with E-state index in [-0.39, 0.29) is 11.9 Å². The molecule has 2 N–H and O–H groups in total. The number of nitrogens with zero attached hydrogens (tertiary/aromatic N) is 1. The number of amides is 1. The highest BCUT2D eigenvalue weighted by atomic mass is 16.2. The third kappa shape index (κ3) is 2.49. The molecule has 4 nitrogen and oxygen atoms in total. The molecule has 1 unspecified atom stereocenters. The van der Waals surface area contributed by atoms with Crippen molar-refractivity contribution in [3.8, 4) is 0 Å². The van der Waals surface area contributed by atoms with Gasteiger partial charge in [0.2, 0.25) is 5.91 Å². The molecule has 2 fully saturated rings. The molecule has 0 bridgehead atoms. The predicted molar refractivity (Wildman–Crippen MR) is 59.7 cm³/mol. The molecule has 1 amide bonds. The van der Waals surface area contributed by atoms with Gasteiger partial charge in [-0.25, -0.2) is 0 Å². The van der Waals surface area contributed by atoms with Crippen LogP contribution < -0.4 is 10.6 Å². The first-order valence-electron chi connectivity index (χ1n) is 6.00. The molecule has 0 spiro atoms. The average molecular weight is 211 g/mol. The van der Waals surface area contributed by atoms with Gasteiger partial charge in [0.1, 0.15) is 0 Å². The summed E-state index contributed by atoms with van der Waals surface area (Å²) in [5.74, 6) is 0.281. The van der Waals surface area contributed by atoms with E-state index in [0.717, 1.165) is 32.5 Å². The Hall–Kier alpha value is -0.610. The zero-order valence-corrected chi connectivity index (χ0v) is 9.46. The summed E-state index contributed by atoms with van der Waals surface area (Å²) in [7, 11) is 1.94. The number of carbonyl (C=O) groups excluding carboxylic acids is 1. The van der Waals surface area contributed by atoms with Crippen molar-refractivity contribution in [2.75, 3.05) is 26.7 Å². The summed E-state index contributed by atoms with van der Waals surface area (Å²) < 4.78 is 0. The first-order chi connectivity index (χ1) is 7.29. The zero-order chi connectivity index (χ0) is 10.7. The van der Waals surface area contributed by atoms with E-state index in [1.54, 1.807) is 0 Å². The number of nitrogens with one attached hydrogen (secondary N) is 2. The van der Waals surface area contributed by atoms with Crippen molar-refractivity contribution in [3.05, 3.63) is 0 Å². The largest absolute Gasteiger partial charge is 0.340 e. The maximum atomic E-state index is 12.1. The van der Waals surface area contributed by atoms with Gasteiger partial charge in [0.25, 0.3) is 0 Å². The predicted octanol–water partition coefficient (Wildman–Crippen LogP) is -0.0512. The molecule has 15 heavy (non-hydrogen) atoms. The molecule has 2 aliphatic rings. The summed E-state index contributed by atoms with van der Waals surface area (Å²) in [5.41, 5.74) is 0. The lowest BCUT2D eigenvalue weighted by atomic mass is 10.0. The Labute approximate surface area is 91.4 Å². The Morgan fingerprint density at radius 3 is 2.73 bits per heavy atom. The highest BCUT2D eigenvalue weighted by molar-refractivity contribution is 5.82. The number of piperidine rings is 1. The standard InChI is InChI=1S/C11H21N3O/c1-14(9-5-7-12-8-9)11(15)10-4-2-3-6-13-10/h9-10,12-13H,2-8H2,1H3/t9?,10-/m1/s1. The summed E-state index contributed by atoms with van der Waals surface area (Å²) in [5, 5.41) is 6.61. The third-order valence-corrected chi connectivity index (χ3v) is 3.54. The molecular weight excluding hydrogens is 190 g/mol. The first-order valence-corrected chi connectivity index (χ1v) is 6.00. The van der Waals surface area contributed by atoms with Crippen molar-refractivity contribution < 1.29 is 4.79 Å². The van der Waals surface area contributed by atoms with Gasteiger partial charge >= 0.3 is 0 Å². The van der Waals surface area contributed by atoms with Crippen LogP contribution in [0.2, 0.25) is 0 Å². The topological polar surface area (TPSA) is 44.4 Å². The van der Waals surface area contributed by atoms with Gasteiger partial charge in [-0.2, -0.15) is 0 Å². The fourth-order valence-corrected chi connectivity index (χ4v) is 2.46. The van der Waals surface area contributed by atoms with Gasteiger partial charge in [-0.1, -0.05) is 6.42 Å². The Bertz CT molecular complexity index is 220. The number of hydrogen-bond acceptors (Lipinski definition) is 3. The van der Waals surface area contributed by atoms with Crippen LogP contribution in [0.4, 0.5) is 0 Å². The summed E-state index contributed by atoms with van der Waals surface area (Å²) in [6.45, 7) is 2.99. The Balaban J connectivity index is 1.87. The second-order valence-corrected chi connectivity index (χ2v) is 4.60. The SMILES string of the molecule is CN(C(=O)[C@H]1CCCCN1)C1CCNC1. The fourth-order valence-electron chi connectivity index (χ4n) is 2.46. The highest BCUT2D eigenvalue weighted by Gasteiger charge is 2.29. The van der Waals surface area contributed by atoms with Crippen LogP contribution in [0.3, 0.4) is 0 Å². The fraction of sp³-hybridized carbons (Fsp3) is 0.909. The van der Waals surface area contributed by atoms with Crippen LogP contribution in [0, 0.1) is 0 Å². The molecule has 2 heterocycles. The van der Waals surface area contributed by atoms with Crippen molar-refractivity contribution in [2.24, 2.45) is 0 Å². The smallest absolute Gasteiger partial charge is 0.239 e. The van der Waals surface area contributed by atoms with Crippen molar-refractivity contribution in [1.29, 1.82) is 0 Å². The molecule has 0 saturated carbocycles. The normalized spacial score (nSPS) is 31.5. The van der Waals surface area contributed by atoms with E-state index in [1.165, 1.54) is 12.8 Å². The van der Waals surface area contributed by atoms with Gasteiger partial charge in [-0.05, 0) is 32.4 Å². The van der Waals surface area contributed by atoms with Gasteiger partial charge in [0.15, 0.2) is 0 Å². The van der Waals surface area contributed by atoms with Gasteiger partial charge in [-0.15, -0.1) is 0 Å². The van der Waals surface area contributed by atoms with Crippen molar-refractivity contribution in [2.45, 2.75) is 37.8 Å². The molecule has 0 aliphatic carbocycles. The van der Waals surface area contributed by atoms with E-state index in [1.807, 2.05) is 11.9 Å². The number of hydrogen-bond donors (Lipinski definition) is 2. The van der Waals surface area contributed by atoms with E-state index in [9.17, 15) is 4.79 Å². The van der Waals surface area contributed by atoms with Gasteiger partial charge in [0.05, 0.1) is 6.04 Å². The van der Waals surface area contributed by atoms with Crippen LogP contribution in [0.5, 0.6) is 0 Å². The van der Waals surface area contributed by atoms with E-state index in [2.05, 4.69) is 10.6 Å². The van der Waals surface area contributed by atoms with E-state index in [0.29, 0.717) is 6.04 Å². The minimum absolute atomic E-state index is 0.0735. The Kier molecular flexibility index (Phi) is 3.59. The molecule has 4 heteroatoms. The summed E-state index contributed by atoms with van der Waals surface area (Å²) in [6.07, 6.45) is 4.48. The van der Waals surface area contributed by atoms with Crippen molar-refractivity contribution in [1.82, 2.24) is 15.5 Å². The van der Waals surface area contributed by atoms with Gasteiger partial charge in [0, 0.05) is 19.6 Å². The molecule has 0 aromatic carbocycles. The van der Waals surface area contributed by atoms with Gasteiger partial charge < -0.3 is 15.5 Å². The maximum absolute atomic E-state index is 12.1. The minimum atomic E-state index is 0.0735. The Morgan fingerprint density at radius 1 is 1.27 bits per heavy atom. The van der Waals surface area contributed by atoms with Crippen LogP contribution in [-0.2, 0) is 4.79 Å². The van der Waals surface area contributed by atoms with Crippen LogP contribution in [-0.4, -0.2) is 49.6 Å². The van der Waals surface area contributed by atoms with Crippen LogP contribution in [0.25, 0.3) is 0 Å². The van der Waals surface area contributed by atoms with Crippen LogP contribution in [0.1, 0.15) is 25.7 Å². The molecule has 2 atom stereocenters. The maximum Gasteiger partial charge on any atom is 0.239 e. The molecule has 0 aromatic heterocycles. The Morgan fingerprint density at radius 2 is 2.13 bits per heavy atom. The molecule has 2 rings (SSSR count). The highest BCUT2D eigenvalue weighted by Crippen LogP contribution is 2.13. The van der Waals surface area contributed by atoms with Gasteiger partial charge in [-0.3, -0.25) is 4.79 Å². The second kappa shape index (κ2) is 4.94. The average Bonchev–Trinajstić information content (AvgIpc) is 2.82. The molecule has 2 aliphatic heterocycles. The summed E-state index contributed by atoms with van der Waals surface area (Å²) in [4.78, 5) is 14.1. The minimum Gasteiger partial charge on any atom is -0.340 e. The van der Waals surface area contributed by atoms with Crippen molar-refractivity contribution in [3.63, 3.8) is 0 Å². The summed E-state index contributed by atoms with van der Waals surface area (Å²) >= 11 is 0. The lowest BCUT2D eigenvalue weighted by molar-refractivity contribution is -0.134. The van der Waals surface area contributed by atoms with E-state index >= 15 is 0 Å². The molecule has 0 aromatic rings. The van der Waals surface area contributed by atoms with Crippen molar-refractivity contribution >= 4 is 5.91 Å².